The van der Waals surface area contributed by atoms with Gasteiger partial charge >= 0.3 is 0 Å². The minimum absolute atomic E-state index is 0.0362. The Bertz CT molecular complexity index is 1270. The predicted molar refractivity (Wildman–Crippen MR) is 137 cm³/mol. The van der Waals surface area contributed by atoms with Crippen LogP contribution in [0.15, 0.2) is 53.5 Å². The van der Waals surface area contributed by atoms with Gasteiger partial charge in [-0.2, -0.15) is 0 Å². The summed E-state index contributed by atoms with van der Waals surface area (Å²) >= 11 is 1.49. The van der Waals surface area contributed by atoms with Crippen molar-refractivity contribution >= 4 is 39.6 Å². The van der Waals surface area contributed by atoms with Crippen LogP contribution < -0.4 is 10.2 Å². The van der Waals surface area contributed by atoms with Gasteiger partial charge in [-0.05, 0) is 54.7 Å². The second-order valence-corrected chi connectivity index (χ2v) is 10.7. The molecule has 1 aliphatic heterocycles. The molecule has 176 valence electrons. The molecule has 2 amide bonds. The van der Waals surface area contributed by atoms with E-state index in [1.54, 1.807) is 0 Å². The van der Waals surface area contributed by atoms with Crippen LogP contribution in [0, 0.1) is 19.7 Å². The van der Waals surface area contributed by atoms with E-state index < -0.39 is 0 Å². The predicted octanol–water partition coefficient (Wildman–Crippen LogP) is 5.62. The number of nitrogens with one attached hydrogen (secondary N) is 1. The number of rotatable bonds is 4. The number of nitrogens with zero attached hydrogens (tertiary/aromatic N) is 2. The van der Waals surface area contributed by atoms with Gasteiger partial charge < -0.3 is 5.32 Å². The largest absolute Gasteiger partial charge is 0.325 e. The van der Waals surface area contributed by atoms with E-state index in [-0.39, 0.29) is 36.1 Å². The standard InChI is InChI=1S/C27H28FN3O2S/c1-16-17(2)34-26-24(16)25(18-6-8-19(9-7-18)27(3,4)5)29-14-23(33)31(26)15-22(32)30-21-12-10-20(28)11-13-21/h6-13H,14-15H2,1-5H3,(H,30,32). The Labute approximate surface area is 203 Å². The maximum atomic E-state index is 13.2. The molecular weight excluding hydrogens is 449 g/mol. The van der Waals surface area contributed by atoms with Gasteiger partial charge in [0.2, 0.25) is 11.8 Å². The molecule has 2 aromatic carbocycles. The zero-order chi connectivity index (χ0) is 24.6. The van der Waals surface area contributed by atoms with Crippen LogP contribution in [0.2, 0.25) is 0 Å². The van der Waals surface area contributed by atoms with Crippen LogP contribution in [0.1, 0.15) is 47.9 Å². The summed E-state index contributed by atoms with van der Waals surface area (Å²) in [7, 11) is 0. The summed E-state index contributed by atoms with van der Waals surface area (Å²) < 4.78 is 13.2. The highest BCUT2D eigenvalue weighted by Gasteiger charge is 2.31. The zero-order valence-electron chi connectivity index (χ0n) is 20.0. The number of carbonyl (C=O) groups excluding carboxylic acids is 2. The summed E-state index contributed by atoms with van der Waals surface area (Å²) in [4.78, 5) is 33.1. The first kappa shape index (κ1) is 23.8. The number of thiophene rings is 1. The minimum atomic E-state index is -0.380. The van der Waals surface area contributed by atoms with Crippen LogP contribution in [0.25, 0.3) is 0 Å². The molecule has 0 saturated carbocycles. The summed E-state index contributed by atoms with van der Waals surface area (Å²) in [5.41, 5.74) is 5.40. The maximum absolute atomic E-state index is 13.2. The molecule has 1 aromatic heterocycles. The van der Waals surface area contributed by atoms with Gasteiger partial charge in [-0.15, -0.1) is 11.3 Å². The molecule has 3 aromatic rings. The van der Waals surface area contributed by atoms with Crippen LogP contribution in [0.5, 0.6) is 0 Å². The van der Waals surface area contributed by atoms with Crippen LogP contribution >= 0.6 is 11.3 Å². The van der Waals surface area contributed by atoms with Gasteiger partial charge in [0.15, 0.2) is 0 Å². The van der Waals surface area contributed by atoms with Crippen molar-refractivity contribution in [2.24, 2.45) is 4.99 Å². The number of carbonyl (C=O) groups is 2. The third-order valence-electron chi connectivity index (χ3n) is 5.98. The van der Waals surface area contributed by atoms with Crippen LogP contribution in [0.4, 0.5) is 15.1 Å². The molecule has 1 N–H and O–H groups in total. The molecule has 2 heterocycles. The first-order valence-corrected chi connectivity index (χ1v) is 12.0. The summed E-state index contributed by atoms with van der Waals surface area (Å²) in [6.07, 6.45) is 0. The molecule has 0 saturated heterocycles. The number of anilines is 2. The third-order valence-corrected chi connectivity index (χ3v) is 7.21. The van der Waals surface area contributed by atoms with E-state index in [0.29, 0.717) is 5.69 Å². The Morgan fingerprint density at radius 2 is 1.74 bits per heavy atom. The number of aryl methyl sites for hydroxylation is 1. The molecule has 0 unspecified atom stereocenters. The molecule has 0 aliphatic carbocycles. The fourth-order valence-corrected chi connectivity index (χ4v) is 5.08. The maximum Gasteiger partial charge on any atom is 0.249 e. The molecule has 7 heteroatoms. The first-order chi connectivity index (χ1) is 16.0. The van der Waals surface area contributed by atoms with Crippen molar-refractivity contribution in [3.63, 3.8) is 0 Å². The van der Waals surface area contributed by atoms with Gasteiger partial charge in [-0.1, -0.05) is 45.0 Å². The van der Waals surface area contributed by atoms with E-state index in [2.05, 4.69) is 50.4 Å². The smallest absolute Gasteiger partial charge is 0.249 e. The molecule has 0 radical (unpaired) electrons. The lowest BCUT2D eigenvalue weighted by atomic mass is 9.86. The van der Waals surface area contributed by atoms with E-state index in [1.165, 1.54) is 46.1 Å². The van der Waals surface area contributed by atoms with Crippen LogP contribution in [0.3, 0.4) is 0 Å². The average Bonchev–Trinajstić information content (AvgIpc) is 3.00. The fraction of sp³-hybridized carbons (Fsp3) is 0.296. The lowest BCUT2D eigenvalue weighted by molar-refractivity contribution is -0.120. The molecule has 0 fully saturated rings. The Kier molecular flexibility index (Phi) is 6.41. The summed E-state index contributed by atoms with van der Waals surface area (Å²) in [6, 6.07) is 13.9. The Morgan fingerprint density at radius 1 is 1.09 bits per heavy atom. The highest BCUT2D eigenvalue weighted by Crippen LogP contribution is 2.39. The number of fused-ring (bicyclic) bond motifs is 1. The fourth-order valence-electron chi connectivity index (χ4n) is 3.90. The van der Waals surface area contributed by atoms with E-state index in [1.807, 2.05) is 13.8 Å². The van der Waals surface area contributed by atoms with E-state index in [0.717, 1.165) is 32.3 Å². The van der Waals surface area contributed by atoms with Crippen LogP contribution in [-0.4, -0.2) is 30.6 Å². The zero-order valence-corrected chi connectivity index (χ0v) is 20.8. The molecule has 0 atom stereocenters. The number of hydrogen-bond donors (Lipinski definition) is 1. The van der Waals surface area contributed by atoms with Gasteiger partial charge in [-0.3, -0.25) is 19.5 Å². The highest BCUT2D eigenvalue weighted by atomic mass is 32.1. The van der Waals surface area contributed by atoms with Crippen molar-refractivity contribution in [1.82, 2.24) is 0 Å². The van der Waals surface area contributed by atoms with Gasteiger partial charge in [0, 0.05) is 21.7 Å². The highest BCUT2D eigenvalue weighted by molar-refractivity contribution is 7.17. The summed E-state index contributed by atoms with van der Waals surface area (Å²) in [5.74, 6) is -0.972. The van der Waals surface area contributed by atoms with Crippen molar-refractivity contribution < 1.29 is 14.0 Å². The molecule has 5 nitrogen and oxygen atoms in total. The SMILES string of the molecule is Cc1sc2c(c1C)C(c1ccc(C(C)(C)C)cc1)=NCC(=O)N2CC(=O)Nc1ccc(F)cc1. The average molecular weight is 478 g/mol. The van der Waals surface area contributed by atoms with Gasteiger partial charge in [0.25, 0.3) is 0 Å². The van der Waals surface area contributed by atoms with Crippen LogP contribution in [-0.2, 0) is 15.0 Å². The topological polar surface area (TPSA) is 61.8 Å². The third kappa shape index (κ3) is 4.80. The van der Waals surface area contributed by atoms with E-state index in [9.17, 15) is 14.0 Å². The van der Waals surface area contributed by atoms with E-state index >= 15 is 0 Å². The molecule has 0 bridgehead atoms. The lowest BCUT2D eigenvalue weighted by Gasteiger charge is -2.21. The normalized spacial score (nSPS) is 13.9. The molecule has 34 heavy (non-hydrogen) atoms. The lowest BCUT2D eigenvalue weighted by Crippen LogP contribution is -2.38. The first-order valence-electron chi connectivity index (χ1n) is 11.2. The van der Waals surface area contributed by atoms with Gasteiger partial charge in [0.1, 0.15) is 23.9 Å². The van der Waals surface area contributed by atoms with Crippen molar-refractivity contribution in [3.8, 4) is 0 Å². The molecule has 0 spiro atoms. The number of aliphatic imine (C=N–C) groups is 1. The Hall–Kier alpha value is -3.32. The van der Waals surface area contributed by atoms with E-state index in [4.69, 9.17) is 4.99 Å². The Balaban J connectivity index is 1.67. The number of benzene rings is 2. The molecular formula is C27H28FN3O2S. The monoisotopic (exact) mass is 477 g/mol. The second-order valence-electron chi connectivity index (χ2n) is 9.49. The van der Waals surface area contributed by atoms with Crippen molar-refractivity contribution in [3.05, 3.63) is 81.5 Å². The minimum Gasteiger partial charge on any atom is -0.325 e. The Morgan fingerprint density at radius 3 is 2.35 bits per heavy atom. The summed E-state index contributed by atoms with van der Waals surface area (Å²) in [6.45, 7) is 10.4. The van der Waals surface area contributed by atoms with Crippen molar-refractivity contribution in [2.75, 3.05) is 23.3 Å². The molecule has 4 rings (SSSR count). The number of amides is 2. The number of hydrogen-bond acceptors (Lipinski definition) is 4. The quantitative estimate of drug-likeness (QED) is 0.530. The molecule has 1 aliphatic rings. The van der Waals surface area contributed by atoms with Gasteiger partial charge in [-0.25, -0.2) is 4.39 Å². The van der Waals surface area contributed by atoms with Crippen molar-refractivity contribution in [2.45, 2.75) is 40.0 Å². The number of halogens is 1. The van der Waals surface area contributed by atoms with Gasteiger partial charge in [0.05, 0.1) is 5.71 Å². The second kappa shape index (κ2) is 9.14. The summed E-state index contributed by atoms with van der Waals surface area (Å²) in [5, 5.41) is 3.47. The van der Waals surface area contributed by atoms with Crippen molar-refractivity contribution in [1.29, 1.82) is 0 Å².